The van der Waals surface area contributed by atoms with Crippen LogP contribution in [0.3, 0.4) is 0 Å². The zero-order valence-electron chi connectivity index (χ0n) is 7.52. The zero-order valence-corrected chi connectivity index (χ0v) is 7.52. The Hall–Kier alpha value is -0.0800. The summed E-state index contributed by atoms with van der Waals surface area (Å²) in [6.45, 7) is 10.3. The molecule has 2 nitrogen and oxygen atoms in total. The summed E-state index contributed by atoms with van der Waals surface area (Å²) in [5, 5.41) is 1.65. The topological polar surface area (TPSA) is 27.0 Å². The summed E-state index contributed by atoms with van der Waals surface area (Å²) in [7, 11) is 0. The van der Waals surface area contributed by atoms with Crippen LogP contribution in [0.1, 0.15) is 27.7 Å². The second-order valence-electron chi connectivity index (χ2n) is 3.69. The number of nitrogens with zero attached hydrogens (tertiary/aromatic N) is 1. The van der Waals surface area contributed by atoms with Crippen molar-refractivity contribution in [3.8, 4) is 0 Å². The number of rotatable bonds is 4. The second-order valence-corrected chi connectivity index (χ2v) is 3.69. The molecule has 10 heavy (non-hydrogen) atoms. The van der Waals surface area contributed by atoms with Crippen LogP contribution < -0.4 is 5.84 Å². The van der Waals surface area contributed by atoms with Crippen LogP contribution in [-0.4, -0.2) is 18.1 Å². The summed E-state index contributed by atoms with van der Waals surface area (Å²) in [5.41, 5.74) is 0. The Kier molecular flexibility index (Phi) is 4.65. The Balaban J connectivity index is 3.34. The van der Waals surface area contributed by atoms with E-state index in [4.69, 9.17) is 5.84 Å². The predicted octanol–water partition coefficient (Wildman–Crippen LogP) is 1.80. The minimum Gasteiger partial charge on any atom is -0.229 e. The monoisotopic (exact) mass is 143 g/mol. The third-order valence-electron chi connectivity index (χ3n) is 1.17. The fourth-order valence-corrected chi connectivity index (χ4v) is 0.956. The SMILES string of the molecule is CC(C)CN([NH])CC(C)C. The molecule has 0 aliphatic heterocycles. The van der Waals surface area contributed by atoms with Crippen molar-refractivity contribution in [1.29, 1.82) is 0 Å². The van der Waals surface area contributed by atoms with Gasteiger partial charge in [-0.2, -0.15) is 5.84 Å². The predicted molar refractivity (Wildman–Crippen MR) is 44.3 cm³/mol. The highest BCUT2D eigenvalue weighted by Crippen LogP contribution is 1.99. The lowest BCUT2D eigenvalue weighted by Gasteiger charge is -2.18. The lowest BCUT2D eigenvalue weighted by Crippen LogP contribution is -2.29. The van der Waals surface area contributed by atoms with E-state index >= 15 is 0 Å². The number of hydrogen-bond acceptors (Lipinski definition) is 1. The van der Waals surface area contributed by atoms with Crippen LogP contribution in [0.25, 0.3) is 0 Å². The van der Waals surface area contributed by atoms with E-state index in [2.05, 4.69) is 27.7 Å². The minimum absolute atomic E-state index is 0.608. The van der Waals surface area contributed by atoms with E-state index in [1.807, 2.05) is 0 Å². The molecule has 0 saturated carbocycles. The van der Waals surface area contributed by atoms with Gasteiger partial charge in [-0.1, -0.05) is 27.7 Å². The average molecular weight is 143 g/mol. The molecule has 0 aliphatic carbocycles. The molecule has 1 radical (unpaired) electrons. The van der Waals surface area contributed by atoms with Gasteiger partial charge >= 0.3 is 0 Å². The summed E-state index contributed by atoms with van der Waals surface area (Å²) in [4.78, 5) is 0. The van der Waals surface area contributed by atoms with Crippen LogP contribution in [0.15, 0.2) is 0 Å². The molecule has 0 aromatic heterocycles. The molecule has 0 atom stereocenters. The highest BCUT2D eigenvalue weighted by molar-refractivity contribution is 4.54. The molecule has 0 rings (SSSR count). The van der Waals surface area contributed by atoms with Crippen molar-refractivity contribution in [1.82, 2.24) is 10.9 Å². The third-order valence-corrected chi connectivity index (χ3v) is 1.17. The maximum atomic E-state index is 7.47. The summed E-state index contributed by atoms with van der Waals surface area (Å²) >= 11 is 0. The first-order valence-electron chi connectivity index (χ1n) is 3.98. The normalized spacial score (nSPS) is 12.0. The highest BCUT2D eigenvalue weighted by atomic mass is 15.4. The summed E-state index contributed by atoms with van der Waals surface area (Å²) < 4.78 is 0. The molecule has 0 spiro atoms. The maximum Gasteiger partial charge on any atom is 0.0167 e. The largest absolute Gasteiger partial charge is 0.229 e. The summed E-state index contributed by atoms with van der Waals surface area (Å²) in [5.74, 6) is 8.68. The Labute approximate surface area is 64.4 Å². The fourth-order valence-electron chi connectivity index (χ4n) is 0.956. The molecular formula is C8H19N2. The number of hydrogen-bond donors (Lipinski definition) is 0. The summed E-state index contributed by atoms with van der Waals surface area (Å²) in [6.07, 6.45) is 0. The van der Waals surface area contributed by atoms with Crippen molar-refractivity contribution in [2.75, 3.05) is 13.1 Å². The lowest BCUT2D eigenvalue weighted by molar-refractivity contribution is 0.211. The number of nitrogens with one attached hydrogen (secondary N) is 1. The molecule has 0 aromatic carbocycles. The van der Waals surface area contributed by atoms with Crippen molar-refractivity contribution in [3.05, 3.63) is 0 Å². The van der Waals surface area contributed by atoms with Gasteiger partial charge in [0.1, 0.15) is 0 Å². The molecule has 1 N–H and O–H groups in total. The van der Waals surface area contributed by atoms with Gasteiger partial charge in [0, 0.05) is 13.1 Å². The van der Waals surface area contributed by atoms with Gasteiger partial charge in [-0.25, -0.2) is 5.01 Å². The first-order valence-corrected chi connectivity index (χ1v) is 3.98. The minimum atomic E-state index is 0.608. The van der Waals surface area contributed by atoms with Gasteiger partial charge in [-0.05, 0) is 11.8 Å². The van der Waals surface area contributed by atoms with E-state index < -0.39 is 0 Å². The Morgan fingerprint density at radius 3 is 1.50 bits per heavy atom. The molecule has 0 unspecified atom stereocenters. The average Bonchev–Trinajstić information content (AvgIpc) is 1.58. The van der Waals surface area contributed by atoms with Crippen LogP contribution in [0.5, 0.6) is 0 Å². The van der Waals surface area contributed by atoms with Crippen molar-refractivity contribution in [3.63, 3.8) is 0 Å². The summed E-state index contributed by atoms with van der Waals surface area (Å²) in [6, 6.07) is 0. The molecule has 0 saturated heterocycles. The highest BCUT2D eigenvalue weighted by Gasteiger charge is 2.03. The molecule has 0 aliphatic rings. The van der Waals surface area contributed by atoms with E-state index in [0.717, 1.165) is 13.1 Å². The first-order chi connectivity index (χ1) is 4.52. The van der Waals surface area contributed by atoms with E-state index in [-0.39, 0.29) is 0 Å². The zero-order chi connectivity index (χ0) is 8.15. The molecule has 61 valence electrons. The Morgan fingerprint density at radius 2 is 1.30 bits per heavy atom. The molecule has 0 fully saturated rings. The molecule has 0 amide bonds. The van der Waals surface area contributed by atoms with Crippen molar-refractivity contribution in [2.24, 2.45) is 11.8 Å². The molecule has 0 bridgehead atoms. The molecule has 2 heteroatoms. The van der Waals surface area contributed by atoms with Crippen LogP contribution in [0.4, 0.5) is 0 Å². The molecular weight excluding hydrogens is 124 g/mol. The van der Waals surface area contributed by atoms with Crippen LogP contribution in [0.2, 0.25) is 0 Å². The second kappa shape index (κ2) is 4.69. The molecule has 0 aromatic rings. The van der Waals surface area contributed by atoms with Gasteiger partial charge in [0.2, 0.25) is 0 Å². The van der Waals surface area contributed by atoms with Gasteiger partial charge in [-0.15, -0.1) is 0 Å². The van der Waals surface area contributed by atoms with Gasteiger partial charge in [0.05, 0.1) is 0 Å². The Morgan fingerprint density at radius 1 is 1.00 bits per heavy atom. The van der Waals surface area contributed by atoms with E-state index in [1.54, 1.807) is 5.01 Å². The van der Waals surface area contributed by atoms with E-state index in [0.29, 0.717) is 11.8 Å². The fraction of sp³-hybridized carbons (Fsp3) is 1.00. The van der Waals surface area contributed by atoms with Crippen molar-refractivity contribution < 1.29 is 0 Å². The van der Waals surface area contributed by atoms with Crippen molar-refractivity contribution in [2.45, 2.75) is 27.7 Å². The standard InChI is InChI=1S/C8H19N2/c1-7(2)5-10(9)6-8(3)4/h7-9H,5-6H2,1-4H3. The van der Waals surface area contributed by atoms with Gasteiger partial charge in [-0.3, -0.25) is 0 Å². The Bertz CT molecular complexity index is 69.3. The first kappa shape index (κ1) is 9.92. The van der Waals surface area contributed by atoms with Crippen LogP contribution >= 0.6 is 0 Å². The quantitative estimate of drug-likeness (QED) is 0.551. The van der Waals surface area contributed by atoms with E-state index in [9.17, 15) is 0 Å². The molecule has 0 heterocycles. The lowest BCUT2D eigenvalue weighted by atomic mass is 10.2. The van der Waals surface area contributed by atoms with Gasteiger partial charge < -0.3 is 0 Å². The van der Waals surface area contributed by atoms with Gasteiger partial charge in [0.25, 0.3) is 0 Å². The third kappa shape index (κ3) is 6.05. The van der Waals surface area contributed by atoms with Crippen LogP contribution in [-0.2, 0) is 0 Å². The van der Waals surface area contributed by atoms with E-state index in [1.165, 1.54) is 0 Å². The maximum absolute atomic E-state index is 7.47. The van der Waals surface area contributed by atoms with Gasteiger partial charge in [0.15, 0.2) is 0 Å². The smallest absolute Gasteiger partial charge is 0.0167 e. The van der Waals surface area contributed by atoms with Crippen molar-refractivity contribution >= 4 is 0 Å². The van der Waals surface area contributed by atoms with Crippen LogP contribution in [0, 0.1) is 11.8 Å².